The number of anilines is 1. The van der Waals surface area contributed by atoms with Gasteiger partial charge in [-0.1, -0.05) is 0 Å². The molecule has 0 spiro atoms. The van der Waals surface area contributed by atoms with Crippen LogP contribution in [-0.2, 0) is 7.05 Å². The summed E-state index contributed by atoms with van der Waals surface area (Å²) in [5.41, 5.74) is 2.31. The summed E-state index contributed by atoms with van der Waals surface area (Å²) in [4.78, 5) is 15.9. The van der Waals surface area contributed by atoms with Gasteiger partial charge in [0, 0.05) is 36.1 Å². The number of nitrogens with zero attached hydrogens (tertiary/aromatic N) is 3. The first kappa shape index (κ1) is 11.4. The fourth-order valence-corrected chi connectivity index (χ4v) is 1.93. The van der Waals surface area contributed by atoms with E-state index in [1.54, 1.807) is 35.4 Å². The molecule has 0 atom stereocenters. The van der Waals surface area contributed by atoms with Crippen LogP contribution in [0.2, 0.25) is 0 Å². The molecule has 1 aromatic carbocycles. The van der Waals surface area contributed by atoms with Gasteiger partial charge in [-0.3, -0.25) is 14.5 Å². The second-order valence-corrected chi connectivity index (χ2v) is 4.23. The highest BCUT2D eigenvalue weighted by atomic mass is 16.1. The van der Waals surface area contributed by atoms with Crippen LogP contribution in [0.15, 0.2) is 48.9 Å². The number of pyridine rings is 1. The minimum absolute atomic E-state index is 0.149. The van der Waals surface area contributed by atoms with Crippen molar-refractivity contribution >= 4 is 22.5 Å². The normalized spacial score (nSPS) is 10.6. The van der Waals surface area contributed by atoms with Gasteiger partial charge in [0.15, 0.2) is 0 Å². The highest BCUT2D eigenvalue weighted by molar-refractivity contribution is 6.04. The van der Waals surface area contributed by atoms with Crippen molar-refractivity contribution in [1.82, 2.24) is 14.8 Å². The van der Waals surface area contributed by atoms with E-state index >= 15 is 0 Å². The molecule has 0 fully saturated rings. The van der Waals surface area contributed by atoms with Crippen molar-refractivity contribution in [2.45, 2.75) is 0 Å². The lowest BCUT2D eigenvalue weighted by Gasteiger charge is -2.05. The van der Waals surface area contributed by atoms with E-state index in [0.717, 1.165) is 16.6 Å². The molecular formula is C14H12N4O. The molecule has 0 bridgehead atoms. The maximum atomic E-state index is 12.0. The van der Waals surface area contributed by atoms with Gasteiger partial charge in [0.2, 0.25) is 0 Å². The number of hydrogen-bond acceptors (Lipinski definition) is 3. The summed E-state index contributed by atoms with van der Waals surface area (Å²) in [5, 5.41) is 8.08. The Hall–Kier alpha value is -2.69. The largest absolute Gasteiger partial charge is 0.322 e. The fraction of sp³-hybridized carbons (Fsp3) is 0.0714. The first-order valence-electron chi connectivity index (χ1n) is 5.87. The minimum atomic E-state index is -0.149. The highest BCUT2D eigenvalue weighted by Gasteiger charge is 2.07. The van der Waals surface area contributed by atoms with Crippen LogP contribution in [-0.4, -0.2) is 20.7 Å². The molecule has 5 heteroatoms. The molecule has 0 aliphatic carbocycles. The summed E-state index contributed by atoms with van der Waals surface area (Å²) >= 11 is 0. The molecule has 0 saturated heterocycles. The van der Waals surface area contributed by atoms with Crippen LogP contribution >= 0.6 is 0 Å². The summed E-state index contributed by atoms with van der Waals surface area (Å²) in [5.74, 6) is -0.149. The Bertz CT molecular complexity index is 734. The summed E-state index contributed by atoms with van der Waals surface area (Å²) in [6, 6.07) is 9.06. The van der Waals surface area contributed by atoms with Gasteiger partial charge in [-0.05, 0) is 30.3 Å². The molecule has 0 unspecified atom stereocenters. The molecule has 5 nitrogen and oxygen atoms in total. The van der Waals surface area contributed by atoms with Crippen molar-refractivity contribution in [1.29, 1.82) is 0 Å². The van der Waals surface area contributed by atoms with Crippen LogP contribution in [0.3, 0.4) is 0 Å². The minimum Gasteiger partial charge on any atom is -0.322 e. The predicted octanol–water partition coefficient (Wildman–Crippen LogP) is 2.22. The topological polar surface area (TPSA) is 59.8 Å². The van der Waals surface area contributed by atoms with E-state index in [4.69, 9.17) is 0 Å². The Morgan fingerprint density at radius 2 is 2.00 bits per heavy atom. The van der Waals surface area contributed by atoms with E-state index in [1.807, 2.05) is 25.2 Å². The van der Waals surface area contributed by atoms with Crippen LogP contribution < -0.4 is 5.32 Å². The van der Waals surface area contributed by atoms with Gasteiger partial charge in [0.05, 0.1) is 11.7 Å². The molecular weight excluding hydrogens is 240 g/mol. The molecule has 0 radical (unpaired) electrons. The molecule has 0 saturated carbocycles. The maximum absolute atomic E-state index is 12.0. The number of nitrogens with one attached hydrogen (secondary N) is 1. The quantitative estimate of drug-likeness (QED) is 0.760. The van der Waals surface area contributed by atoms with Crippen LogP contribution in [0.25, 0.3) is 10.9 Å². The van der Waals surface area contributed by atoms with Crippen LogP contribution in [0.4, 0.5) is 5.69 Å². The lowest BCUT2D eigenvalue weighted by molar-refractivity contribution is 0.102. The van der Waals surface area contributed by atoms with Crippen LogP contribution in [0.5, 0.6) is 0 Å². The molecule has 1 N–H and O–H groups in total. The number of benzene rings is 1. The third-order valence-corrected chi connectivity index (χ3v) is 2.95. The summed E-state index contributed by atoms with van der Waals surface area (Å²) in [7, 11) is 1.87. The lowest BCUT2D eigenvalue weighted by Crippen LogP contribution is -2.11. The number of aryl methyl sites for hydroxylation is 1. The standard InChI is InChI=1S/C14H12N4O/c1-18-13-8-12(3-2-11(13)9-16-18)17-14(19)10-4-6-15-7-5-10/h2-9H,1H3,(H,17,19). The maximum Gasteiger partial charge on any atom is 0.255 e. The van der Waals surface area contributed by atoms with E-state index < -0.39 is 0 Å². The first-order chi connectivity index (χ1) is 9.24. The third kappa shape index (κ3) is 2.18. The van der Waals surface area contributed by atoms with Crippen molar-refractivity contribution in [2.75, 3.05) is 5.32 Å². The fourth-order valence-electron chi connectivity index (χ4n) is 1.93. The number of rotatable bonds is 2. The third-order valence-electron chi connectivity index (χ3n) is 2.95. The zero-order valence-electron chi connectivity index (χ0n) is 10.4. The van der Waals surface area contributed by atoms with Crippen molar-refractivity contribution in [3.05, 3.63) is 54.5 Å². The van der Waals surface area contributed by atoms with Crippen molar-refractivity contribution in [3.63, 3.8) is 0 Å². The molecule has 2 heterocycles. The molecule has 2 aromatic heterocycles. The summed E-state index contributed by atoms with van der Waals surface area (Å²) in [6.45, 7) is 0. The summed E-state index contributed by atoms with van der Waals surface area (Å²) < 4.78 is 1.78. The average Bonchev–Trinajstić information content (AvgIpc) is 2.81. The van der Waals surface area contributed by atoms with Gasteiger partial charge in [-0.15, -0.1) is 0 Å². The van der Waals surface area contributed by atoms with E-state index in [-0.39, 0.29) is 5.91 Å². The van der Waals surface area contributed by atoms with Gasteiger partial charge < -0.3 is 5.32 Å². The van der Waals surface area contributed by atoms with Gasteiger partial charge >= 0.3 is 0 Å². The lowest BCUT2D eigenvalue weighted by atomic mass is 10.2. The van der Waals surface area contributed by atoms with Gasteiger partial charge in [0.1, 0.15) is 0 Å². The molecule has 0 aliphatic heterocycles. The van der Waals surface area contributed by atoms with E-state index in [2.05, 4.69) is 15.4 Å². The number of hydrogen-bond donors (Lipinski definition) is 1. The van der Waals surface area contributed by atoms with Gasteiger partial charge in [-0.2, -0.15) is 5.10 Å². The molecule has 1 amide bonds. The first-order valence-corrected chi connectivity index (χ1v) is 5.87. The van der Waals surface area contributed by atoms with Gasteiger partial charge in [0.25, 0.3) is 5.91 Å². The monoisotopic (exact) mass is 252 g/mol. The van der Waals surface area contributed by atoms with E-state index in [0.29, 0.717) is 5.56 Å². The number of carbonyl (C=O) groups excluding carboxylic acids is 1. The SMILES string of the molecule is Cn1ncc2ccc(NC(=O)c3ccncc3)cc21. The highest BCUT2D eigenvalue weighted by Crippen LogP contribution is 2.18. The van der Waals surface area contributed by atoms with E-state index in [9.17, 15) is 4.79 Å². The van der Waals surface area contributed by atoms with E-state index in [1.165, 1.54) is 0 Å². The summed E-state index contributed by atoms with van der Waals surface area (Å²) in [6.07, 6.45) is 4.99. The Morgan fingerprint density at radius 1 is 1.21 bits per heavy atom. The second-order valence-electron chi connectivity index (χ2n) is 4.23. The zero-order valence-corrected chi connectivity index (χ0v) is 10.4. The number of carbonyl (C=O) groups is 1. The van der Waals surface area contributed by atoms with Crippen molar-refractivity contribution in [3.8, 4) is 0 Å². The second kappa shape index (κ2) is 4.53. The van der Waals surface area contributed by atoms with Crippen molar-refractivity contribution < 1.29 is 4.79 Å². The Kier molecular flexibility index (Phi) is 2.72. The predicted molar refractivity (Wildman–Crippen MR) is 72.9 cm³/mol. The smallest absolute Gasteiger partial charge is 0.255 e. The number of amides is 1. The Balaban J connectivity index is 1.89. The molecule has 0 aliphatic rings. The Labute approximate surface area is 109 Å². The van der Waals surface area contributed by atoms with Gasteiger partial charge in [-0.25, -0.2) is 0 Å². The van der Waals surface area contributed by atoms with Crippen molar-refractivity contribution in [2.24, 2.45) is 7.05 Å². The molecule has 94 valence electrons. The van der Waals surface area contributed by atoms with Crippen LogP contribution in [0, 0.1) is 0 Å². The molecule has 19 heavy (non-hydrogen) atoms. The van der Waals surface area contributed by atoms with Crippen LogP contribution in [0.1, 0.15) is 10.4 Å². The average molecular weight is 252 g/mol. The molecule has 3 rings (SSSR count). The Morgan fingerprint density at radius 3 is 2.79 bits per heavy atom. The number of aromatic nitrogens is 3. The molecule has 3 aromatic rings. The number of fused-ring (bicyclic) bond motifs is 1. The zero-order chi connectivity index (χ0) is 13.2.